The highest BCUT2D eigenvalue weighted by atomic mass is 19.3. The summed E-state index contributed by atoms with van der Waals surface area (Å²) in [5.41, 5.74) is -0.175. The standard InChI is InChI=1S/C14H8F4/c15-8-5-6-12-11(7-8)9-3-1-2-4-10(9)13(16)14(12,17)18/h1-7,13H. The van der Waals surface area contributed by atoms with E-state index in [0.29, 0.717) is 5.56 Å². The van der Waals surface area contributed by atoms with Gasteiger partial charge in [0.05, 0.1) is 0 Å². The van der Waals surface area contributed by atoms with Crippen LogP contribution < -0.4 is 0 Å². The summed E-state index contributed by atoms with van der Waals surface area (Å²) in [6.45, 7) is 0. The van der Waals surface area contributed by atoms with E-state index in [0.717, 1.165) is 18.2 Å². The van der Waals surface area contributed by atoms with Crippen molar-refractivity contribution in [1.82, 2.24) is 0 Å². The molecule has 1 aliphatic carbocycles. The van der Waals surface area contributed by atoms with Gasteiger partial charge in [0.15, 0.2) is 6.17 Å². The van der Waals surface area contributed by atoms with Crippen molar-refractivity contribution in [2.24, 2.45) is 0 Å². The van der Waals surface area contributed by atoms with Crippen LogP contribution in [0.5, 0.6) is 0 Å². The molecule has 1 unspecified atom stereocenters. The van der Waals surface area contributed by atoms with E-state index in [4.69, 9.17) is 0 Å². The molecular weight excluding hydrogens is 244 g/mol. The predicted molar refractivity (Wildman–Crippen MR) is 59.6 cm³/mol. The van der Waals surface area contributed by atoms with Crippen LogP contribution in [0.2, 0.25) is 0 Å². The summed E-state index contributed by atoms with van der Waals surface area (Å²) in [6.07, 6.45) is -2.40. The maximum Gasteiger partial charge on any atom is 0.308 e. The summed E-state index contributed by atoms with van der Waals surface area (Å²) in [6, 6.07) is 8.83. The van der Waals surface area contributed by atoms with Crippen LogP contribution in [0, 0.1) is 5.82 Å². The number of hydrogen-bond donors (Lipinski definition) is 0. The lowest BCUT2D eigenvalue weighted by molar-refractivity contribution is -0.0822. The van der Waals surface area contributed by atoms with Crippen molar-refractivity contribution in [3.63, 3.8) is 0 Å². The molecular formula is C14H8F4. The highest BCUT2D eigenvalue weighted by molar-refractivity contribution is 5.75. The Labute approximate surface area is 101 Å². The molecule has 0 nitrogen and oxygen atoms in total. The maximum absolute atomic E-state index is 13.9. The second-order valence-electron chi connectivity index (χ2n) is 4.26. The van der Waals surface area contributed by atoms with Crippen molar-refractivity contribution in [3.05, 3.63) is 59.4 Å². The summed E-state index contributed by atoms with van der Waals surface area (Å²) in [5, 5.41) is 0. The van der Waals surface area contributed by atoms with Gasteiger partial charge in [-0.3, -0.25) is 0 Å². The fraction of sp³-hybridized carbons (Fsp3) is 0.143. The molecule has 2 aromatic carbocycles. The Hall–Kier alpha value is -1.84. The highest BCUT2D eigenvalue weighted by Crippen LogP contribution is 2.53. The Morgan fingerprint density at radius 3 is 2.44 bits per heavy atom. The van der Waals surface area contributed by atoms with Crippen LogP contribution in [0.15, 0.2) is 42.5 Å². The lowest BCUT2D eigenvalue weighted by Gasteiger charge is -2.30. The molecule has 0 aliphatic heterocycles. The average Bonchev–Trinajstić information content (AvgIpc) is 2.36. The normalized spacial score (nSPS) is 20.1. The molecule has 0 fully saturated rings. The smallest absolute Gasteiger partial charge is 0.235 e. The quantitative estimate of drug-likeness (QED) is 0.601. The third-order valence-electron chi connectivity index (χ3n) is 3.18. The second kappa shape index (κ2) is 3.57. The van der Waals surface area contributed by atoms with Gasteiger partial charge in [-0.1, -0.05) is 24.3 Å². The van der Waals surface area contributed by atoms with Crippen molar-refractivity contribution >= 4 is 0 Å². The summed E-state index contributed by atoms with van der Waals surface area (Å²) in [5.74, 6) is -4.24. The van der Waals surface area contributed by atoms with Crippen LogP contribution in [0.4, 0.5) is 17.6 Å². The molecule has 0 amide bonds. The lowest BCUT2D eigenvalue weighted by atomic mass is 9.82. The van der Waals surface area contributed by atoms with Gasteiger partial charge in [-0.25, -0.2) is 8.78 Å². The number of hydrogen-bond acceptors (Lipinski definition) is 0. The van der Waals surface area contributed by atoms with Crippen molar-refractivity contribution < 1.29 is 17.6 Å². The van der Waals surface area contributed by atoms with E-state index in [1.807, 2.05) is 0 Å². The molecule has 3 rings (SSSR count). The third kappa shape index (κ3) is 1.38. The number of rotatable bonds is 0. The molecule has 0 spiro atoms. The minimum Gasteiger partial charge on any atom is -0.235 e. The van der Waals surface area contributed by atoms with E-state index in [2.05, 4.69) is 0 Å². The molecule has 1 atom stereocenters. The fourth-order valence-corrected chi connectivity index (χ4v) is 2.33. The van der Waals surface area contributed by atoms with E-state index < -0.39 is 23.5 Å². The van der Waals surface area contributed by atoms with Crippen LogP contribution in [-0.2, 0) is 5.92 Å². The first-order valence-electron chi connectivity index (χ1n) is 5.43. The predicted octanol–water partition coefficient (Wildman–Crippen LogP) is 4.61. The summed E-state index contributed by atoms with van der Waals surface area (Å²) < 4.78 is 54.9. The Kier molecular flexibility index (Phi) is 2.24. The first-order valence-corrected chi connectivity index (χ1v) is 5.43. The minimum atomic E-state index is -3.63. The van der Waals surface area contributed by atoms with Crippen LogP contribution in [0.25, 0.3) is 11.1 Å². The van der Waals surface area contributed by atoms with Crippen LogP contribution in [0.1, 0.15) is 17.3 Å². The highest BCUT2D eigenvalue weighted by Gasteiger charge is 2.48. The molecule has 0 saturated carbocycles. The monoisotopic (exact) mass is 252 g/mol. The first kappa shape index (κ1) is 11.3. The zero-order valence-corrected chi connectivity index (χ0v) is 9.13. The molecule has 0 radical (unpaired) electrons. The molecule has 0 heterocycles. The van der Waals surface area contributed by atoms with Crippen molar-refractivity contribution in [3.8, 4) is 11.1 Å². The average molecular weight is 252 g/mol. The SMILES string of the molecule is Fc1ccc2c(c1)-c1ccccc1C(F)C2(F)F. The minimum absolute atomic E-state index is 0.0597. The number of benzene rings is 2. The molecule has 92 valence electrons. The van der Waals surface area contributed by atoms with Crippen molar-refractivity contribution in [2.75, 3.05) is 0 Å². The van der Waals surface area contributed by atoms with Gasteiger partial charge < -0.3 is 0 Å². The third-order valence-corrected chi connectivity index (χ3v) is 3.18. The van der Waals surface area contributed by atoms with Gasteiger partial charge in [0.2, 0.25) is 0 Å². The van der Waals surface area contributed by atoms with Crippen molar-refractivity contribution in [2.45, 2.75) is 12.1 Å². The largest absolute Gasteiger partial charge is 0.308 e. The van der Waals surface area contributed by atoms with Gasteiger partial charge in [0.25, 0.3) is 0 Å². The second-order valence-corrected chi connectivity index (χ2v) is 4.26. The summed E-state index contributed by atoms with van der Waals surface area (Å²) in [7, 11) is 0. The molecule has 0 saturated heterocycles. The van der Waals surface area contributed by atoms with Gasteiger partial charge >= 0.3 is 5.92 Å². The first-order chi connectivity index (χ1) is 8.51. The van der Waals surface area contributed by atoms with E-state index in [1.165, 1.54) is 18.2 Å². The lowest BCUT2D eigenvalue weighted by Crippen LogP contribution is -2.26. The van der Waals surface area contributed by atoms with Crippen LogP contribution in [0.3, 0.4) is 0 Å². The van der Waals surface area contributed by atoms with E-state index in [-0.39, 0.29) is 11.1 Å². The molecule has 4 heteroatoms. The summed E-state index contributed by atoms with van der Waals surface area (Å²) in [4.78, 5) is 0. The Bertz CT molecular complexity index is 619. The van der Waals surface area contributed by atoms with Gasteiger partial charge in [-0.05, 0) is 29.3 Å². The summed E-state index contributed by atoms with van der Waals surface area (Å²) >= 11 is 0. The van der Waals surface area contributed by atoms with Gasteiger partial charge in [0.1, 0.15) is 5.82 Å². The molecule has 0 N–H and O–H groups in total. The zero-order valence-electron chi connectivity index (χ0n) is 9.13. The maximum atomic E-state index is 13.9. The van der Waals surface area contributed by atoms with E-state index in [1.54, 1.807) is 6.07 Å². The van der Waals surface area contributed by atoms with E-state index >= 15 is 0 Å². The Morgan fingerprint density at radius 2 is 1.67 bits per heavy atom. The zero-order chi connectivity index (χ0) is 12.9. The topological polar surface area (TPSA) is 0 Å². The van der Waals surface area contributed by atoms with Crippen LogP contribution in [-0.4, -0.2) is 0 Å². The number of halogens is 4. The van der Waals surface area contributed by atoms with Gasteiger partial charge in [-0.15, -0.1) is 0 Å². The molecule has 2 aromatic rings. The fourth-order valence-electron chi connectivity index (χ4n) is 2.33. The molecule has 0 aromatic heterocycles. The molecule has 0 bridgehead atoms. The van der Waals surface area contributed by atoms with Gasteiger partial charge in [-0.2, -0.15) is 8.78 Å². The molecule has 18 heavy (non-hydrogen) atoms. The molecule has 1 aliphatic rings. The number of fused-ring (bicyclic) bond motifs is 3. The number of alkyl halides is 3. The Balaban J connectivity index is 2.38. The Morgan fingerprint density at radius 1 is 0.944 bits per heavy atom. The van der Waals surface area contributed by atoms with Gasteiger partial charge in [0, 0.05) is 11.1 Å². The van der Waals surface area contributed by atoms with Crippen molar-refractivity contribution in [1.29, 1.82) is 0 Å². The van der Waals surface area contributed by atoms with Crippen LogP contribution >= 0.6 is 0 Å². The van der Waals surface area contributed by atoms with E-state index in [9.17, 15) is 17.6 Å².